The molecule has 0 aliphatic heterocycles. The number of halogens is 1. The van der Waals surface area contributed by atoms with E-state index in [1.807, 2.05) is 19.1 Å². The van der Waals surface area contributed by atoms with E-state index in [-0.39, 0.29) is 0 Å². The number of hydrogen-bond acceptors (Lipinski definition) is 5. The van der Waals surface area contributed by atoms with E-state index in [0.29, 0.717) is 28.1 Å². The maximum atomic E-state index is 12.0. The van der Waals surface area contributed by atoms with Crippen LogP contribution in [-0.2, 0) is 11.8 Å². The monoisotopic (exact) mass is 369 g/mol. The molecule has 26 heavy (non-hydrogen) atoms. The highest BCUT2D eigenvalue weighted by atomic mass is 35.5. The smallest absolute Gasteiger partial charge is 0.336 e. The van der Waals surface area contributed by atoms with Gasteiger partial charge in [-0.2, -0.15) is 5.10 Å². The lowest BCUT2D eigenvalue weighted by Gasteiger charge is -2.05. The van der Waals surface area contributed by atoms with E-state index in [0.717, 1.165) is 5.69 Å². The third-order valence-electron chi connectivity index (χ3n) is 3.48. The standard InChI is InChI=1S/C19H16ClN3O3/c1-13-16(19(20)23(2)22-13)10-11-18(24)26-15-8-6-14(7-9-15)25-17-5-3-4-12-21-17/h3-12H,1-2H3/b11-10+. The van der Waals surface area contributed by atoms with Crippen molar-refractivity contribution in [2.75, 3.05) is 0 Å². The summed E-state index contributed by atoms with van der Waals surface area (Å²) >= 11 is 6.12. The Morgan fingerprint density at radius 3 is 2.50 bits per heavy atom. The lowest BCUT2D eigenvalue weighted by Crippen LogP contribution is -2.03. The molecule has 7 heteroatoms. The average molecular weight is 370 g/mol. The fourth-order valence-electron chi connectivity index (χ4n) is 2.24. The van der Waals surface area contributed by atoms with Gasteiger partial charge in [-0.1, -0.05) is 17.7 Å². The molecule has 0 amide bonds. The van der Waals surface area contributed by atoms with Crippen LogP contribution in [0.1, 0.15) is 11.3 Å². The average Bonchev–Trinajstić information content (AvgIpc) is 2.88. The second kappa shape index (κ2) is 7.84. The number of hydrogen-bond donors (Lipinski definition) is 0. The number of ether oxygens (including phenoxy) is 2. The molecule has 132 valence electrons. The zero-order valence-corrected chi connectivity index (χ0v) is 15.0. The van der Waals surface area contributed by atoms with Crippen molar-refractivity contribution in [1.82, 2.24) is 14.8 Å². The Hall–Kier alpha value is -3.12. The SMILES string of the molecule is Cc1nn(C)c(Cl)c1/C=C/C(=O)Oc1ccc(Oc2ccccn2)cc1. The lowest BCUT2D eigenvalue weighted by molar-refractivity contribution is -0.128. The van der Waals surface area contributed by atoms with Crippen LogP contribution in [0.15, 0.2) is 54.7 Å². The van der Waals surface area contributed by atoms with Crippen LogP contribution in [-0.4, -0.2) is 20.7 Å². The molecule has 0 radical (unpaired) electrons. The van der Waals surface area contributed by atoms with Gasteiger partial charge in [0, 0.05) is 31.0 Å². The van der Waals surface area contributed by atoms with Crippen molar-refractivity contribution in [3.63, 3.8) is 0 Å². The van der Waals surface area contributed by atoms with Crippen molar-refractivity contribution >= 4 is 23.6 Å². The number of aryl methyl sites for hydroxylation is 2. The van der Waals surface area contributed by atoms with Crippen molar-refractivity contribution in [1.29, 1.82) is 0 Å². The molecule has 0 unspecified atom stereocenters. The molecule has 3 aromatic rings. The minimum Gasteiger partial charge on any atom is -0.439 e. The molecule has 2 heterocycles. The topological polar surface area (TPSA) is 66.2 Å². The predicted octanol–water partition coefficient (Wildman–Crippen LogP) is 4.19. The molecular formula is C19H16ClN3O3. The molecule has 0 aliphatic rings. The van der Waals surface area contributed by atoms with Crippen molar-refractivity contribution in [2.24, 2.45) is 7.05 Å². The van der Waals surface area contributed by atoms with Gasteiger partial charge in [-0.3, -0.25) is 4.68 Å². The fraction of sp³-hybridized carbons (Fsp3) is 0.105. The summed E-state index contributed by atoms with van der Waals surface area (Å²) in [5.41, 5.74) is 1.42. The second-order valence-electron chi connectivity index (χ2n) is 5.41. The first-order chi connectivity index (χ1) is 12.5. The van der Waals surface area contributed by atoms with Gasteiger partial charge in [-0.05, 0) is 43.3 Å². The Labute approximate surface area is 155 Å². The first-order valence-electron chi connectivity index (χ1n) is 7.81. The van der Waals surface area contributed by atoms with E-state index in [4.69, 9.17) is 21.1 Å². The zero-order chi connectivity index (χ0) is 18.5. The van der Waals surface area contributed by atoms with Crippen LogP contribution in [0, 0.1) is 6.92 Å². The number of carbonyl (C=O) groups excluding carboxylic acids is 1. The number of rotatable bonds is 5. The number of pyridine rings is 1. The number of esters is 1. The molecule has 0 spiro atoms. The summed E-state index contributed by atoms with van der Waals surface area (Å²) < 4.78 is 12.4. The minimum atomic E-state index is -0.511. The molecule has 0 bridgehead atoms. The number of carbonyl (C=O) groups is 1. The molecule has 0 N–H and O–H groups in total. The van der Waals surface area contributed by atoms with Gasteiger partial charge in [0.2, 0.25) is 5.88 Å². The van der Waals surface area contributed by atoms with Crippen LogP contribution in [0.2, 0.25) is 5.15 Å². The van der Waals surface area contributed by atoms with E-state index in [2.05, 4.69) is 10.1 Å². The highest BCUT2D eigenvalue weighted by molar-refractivity contribution is 6.31. The quantitative estimate of drug-likeness (QED) is 0.383. The zero-order valence-electron chi connectivity index (χ0n) is 14.2. The van der Waals surface area contributed by atoms with Gasteiger partial charge >= 0.3 is 5.97 Å². The molecule has 0 saturated heterocycles. The van der Waals surface area contributed by atoms with Crippen molar-refractivity contribution in [3.05, 3.63) is 71.1 Å². The molecule has 0 aliphatic carbocycles. The van der Waals surface area contributed by atoms with Crippen molar-refractivity contribution in [3.8, 4) is 17.4 Å². The first-order valence-corrected chi connectivity index (χ1v) is 8.18. The van der Waals surface area contributed by atoms with Gasteiger partial charge in [-0.15, -0.1) is 0 Å². The molecule has 2 aromatic heterocycles. The summed E-state index contributed by atoms with van der Waals surface area (Å²) in [6, 6.07) is 12.1. The van der Waals surface area contributed by atoms with Crippen LogP contribution in [0.5, 0.6) is 17.4 Å². The van der Waals surface area contributed by atoms with Gasteiger partial charge in [0.15, 0.2) is 0 Å². The van der Waals surface area contributed by atoms with E-state index in [1.54, 1.807) is 54.3 Å². The highest BCUT2D eigenvalue weighted by Crippen LogP contribution is 2.23. The van der Waals surface area contributed by atoms with E-state index >= 15 is 0 Å². The first kappa shape index (κ1) is 17.7. The molecule has 6 nitrogen and oxygen atoms in total. The summed E-state index contributed by atoms with van der Waals surface area (Å²) in [4.78, 5) is 16.1. The van der Waals surface area contributed by atoms with Crippen LogP contribution in [0.4, 0.5) is 0 Å². The molecule has 0 fully saturated rings. The predicted molar refractivity (Wildman–Crippen MR) is 98.4 cm³/mol. The third kappa shape index (κ3) is 4.29. The normalized spacial score (nSPS) is 10.9. The van der Waals surface area contributed by atoms with Crippen molar-refractivity contribution in [2.45, 2.75) is 6.92 Å². The summed E-state index contributed by atoms with van der Waals surface area (Å²) in [5.74, 6) is 0.977. The van der Waals surface area contributed by atoms with Gasteiger partial charge < -0.3 is 9.47 Å². The summed E-state index contributed by atoms with van der Waals surface area (Å²) in [5, 5.41) is 4.64. The summed E-state index contributed by atoms with van der Waals surface area (Å²) in [7, 11) is 1.74. The Bertz CT molecular complexity index is 935. The molecule has 0 atom stereocenters. The number of aromatic nitrogens is 3. The molecule has 0 saturated carbocycles. The Kier molecular flexibility index (Phi) is 5.34. The third-order valence-corrected chi connectivity index (χ3v) is 3.93. The van der Waals surface area contributed by atoms with E-state index in [9.17, 15) is 4.79 Å². The molecule has 1 aromatic carbocycles. The number of nitrogens with zero attached hydrogens (tertiary/aromatic N) is 3. The second-order valence-corrected chi connectivity index (χ2v) is 5.77. The van der Waals surface area contributed by atoms with Gasteiger partial charge in [0.1, 0.15) is 16.7 Å². The van der Waals surface area contributed by atoms with Crippen LogP contribution >= 0.6 is 11.6 Å². The largest absolute Gasteiger partial charge is 0.439 e. The van der Waals surface area contributed by atoms with Crippen LogP contribution in [0.3, 0.4) is 0 Å². The Morgan fingerprint density at radius 2 is 1.88 bits per heavy atom. The van der Waals surface area contributed by atoms with Crippen LogP contribution in [0.25, 0.3) is 6.08 Å². The summed E-state index contributed by atoms with van der Waals surface area (Å²) in [6.07, 6.45) is 4.55. The Morgan fingerprint density at radius 1 is 1.15 bits per heavy atom. The maximum absolute atomic E-state index is 12.0. The Balaban J connectivity index is 1.61. The van der Waals surface area contributed by atoms with E-state index < -0.39 is 5.97 Å². The van der Waals surface area contributed by atoms with Gasteiger partial charge in [0.25, 0.3) is 0 Å². The van der Waals surface area contributed by atoms with Gasteiger partial charge in [0.05, 0.1) is 5.69 Å². The number of benzene rings is 1. The summed E-state index contributed by atoms with van der Waals surface area (Å²) in [6.45, 7) is 1.82. The minimum absolute atomic E-state index is 0.405. The highest BCUT2D eigenvalue weighted by Gasteiger charge is 2.09. The molecule has 3 rings (SSSR count). The molecular weight excluding hydrogens is 354 g/mol. The van der Waals surface area contributed by atoms with Crippen LogP contribution < -0.4 is 9.47 Å². The maximum Gasteiger partial charge on any atom is 0.336 e. The van der Waals surface area contributed by atoms with E-state index in [1.165, 1.54) is 6.08 Å². The van der Waals surface area contributed by atoms with Gasteiger partial charge in [-0.25, -0.2) is 9.78 Å². The fourth-order valence-corrected chi connectivity index (χ4v) is 2.48. The van der Waals surface area contributed by atoms with Crippen molar-refractivity contribution < 1.29 is 14.3 Å². The lowest BCUT2D eigenvalue weighted by atomic mass is 10.2.